The van der Waals surface area contributed by atoms with Gasteiger partial charge in [0.1, 0.15) is 16.9 Å². The van der Waals surface area contributed by atoms with E-state index < -0.39 is 0 Å². The van der Waals surface area contributed by atoms with Gasteiger partial charge in [0.15, 0.2) is 0 Å². The van der Waals surface area contributed by atoms with Crippen LogP contribution in [0.3, 0.4) is 0 Å². The van der Waals surface area contributed by atoms with Crippen LogP contribution >= 0.6 is 11.3 Å². The Morgan fingerprint density at radius 2 is 1.78 bits per heavy atom. The summed E-state index contributed by atoms with van der Waals surface area (Å²) in [7, 11) is 0. The molecular weight excluding hydrogens is 359 g/mol. The molecular formula is C21H19FN4S. The van der Waals surface area contributed by atoms with Crippen molar-refractivity contribution in [2.45, 2.75) is 6.54 Å². The molecule has 0 N–H and O–H groups in total. The van der Waals surface area contributed by atoms with Crippen molar-refractivity contribution < 1.29 is 4.39 Å². The molecule has 1 saturated heterocycles. The summed E-state index contributed by atoms with van der Waals surface area (Å²) >= 11 is 1.59. The average Bonchev–Trinajstić information content (AvgIpc) is 3.17. The van der Waals surface area contributed by atoms with Gasteiger partial charge in [0, 0.05) is 43.7 Å². The van der Waals surface area contributed by atoms with E-state index in [1.165, 1.54) is 12.1 Å². The molecule has 1 aliphatic heterocycles. The van der Waals surface area contributed by atoms with Gasteiger partial charge in [-0.2, -0.15) is 5.26 Å². The Morgan fingerprint density at radius 3 is 2.52 bits per heavy atom. The van der Waals surface area contributed by atoms with Crippen LogP contribution in [0.5, 0.6) is 0 Å². The molecule has 1 aromatic heterocycles. The smallest absolute Gasteiger partial charge is 0.123 e. The number of hydrogen-bond acceptors (Lipinski definition) is 5. The highest BCUT2D eigenvalue weighted by molar-refractivity contribution is 7.13. The van der Waals surface area contributed by atoms with E-state index in [1.54, 1.807) is 23.5 Å². The Labute approximate surface area is 162 Å². The summed E-state index contributed by atoms with van der Waals surface area (Å²) in [5.74, 6) is -0.230. The Kier molecular flexibility index (Phi) is 5.14. The van der Waals surface area contributed by atoms with Crippen LogP contribution in [0.2, 0.25) is 0 Å². The minimum absolute atomic E-state index is 0.230. The molecule has 2 heterocycles. The summed E-state index contributed by atoms with van der Waals surface area (Å²) in [4.78, 5) is 9.37. The zero-order valence-electron chi connectivity index (χ0n) is 14.8. The molecule has 0 aliphatic carbocycles. The maximum Gasteiger partial charge on any atom is 0.123 e. The summed E-state index contributed by atoms with van der Waals surface area (Å²) in [5, 5.41) is 12.3. The fourth-order valence-corrected chi connectivity index (χ4v) is 4.14. The Balaban J connectivity index is 1.37. The number of benzene rings is 2. The second-order valence-corrected chi connectivity index (χ2v) is 7.40. The molecule has 0 amide bonds. The summed E-state index contributed by atoms with van der Waals surface area (Å²) in [6.45, 7) is 4.47. The zero-order chi connectivity index (χ0) is 18.6. The molecule has 1 fully saturated rings. The minimum Gasteiger partial charge on any atom is -0.368 e. The Bertz CT molecular complexity index is 953. The molecule has 0 radical (unpaired) electrons. The molecule has 2 aromatic carbocycles. The van der Waals surface area contributed by atoms with Crippen molar-refractivity contribution in [1.82, 2.24) is 9.88 Å². The molecule has 4 nitrogen and oxygen atoms in total. The van der Waals surface area contributed by atoms with E-state index in [-0.39, 0.29) is 5.82 Å². The minimum atomic E-state index is -0.230. The van der Waals surface area contributed by atoms with E-state index in [0.29, 0.717) is 0 Å². The van der Waals surface area contributed by atoms with Crippen LogP contribution < -0.4 is 4.90 Å². The number of aromatic nitrogens is 1. The van der Waals surface area contributed by atoms with Gasteiger partial charge >= 0.3 is 0 Å². The fraction of sp³-hybridized carbons (Fsp3) is 0.238. The van der Waals surface area contributed by atoms with Crippen molar-refractivity contribution in [2.24, 2.45) is 0 Å². The van der Waals surface area contributed by atoms with Gasteiger partial charge in [-0.25, -0.2) is 9.37 Å². The van der Waals surface area contributed by atoms with Gasteiger partial charge in [0.05, 0.1) is 16.9 Å². The molecule has 27 heavy (non-hydrogen) atoms. The molecule has 0 bridgehead atoms. The zero-order valence-corrected chi connectivity index (χ0v) is 15.6. The summed E-state index contributed by atoms with van der Waals surface area (Å²) < 4.78 is 13.1. The van der Waals surface area contributed by atoms with Crippen molar-refractivity contribution in [3.05, 3.63) is 71.0 Å². The molecule has 1 aliphatic rings. The number of nitriles is 1. The highest BCUT2D eigenvalue weighted by Gasteiger charge is 2.20. The summed E-state index contributed by atoms with van der Waals surface area (Å²) in [6.07, 6.45) is 0. The first-order valence-corrected chi connectivity index (χ1v) is 9.77. The molecule has 6 heteroatoms. The predicted octanol–water partition coefficient (Wildman–Crippen LogP) is 4.14. The first kappa shape index (κ1) is 17.7. The van der Waals surface area contributed by atoms with Gasteiger partial charge in [-0.15, -0.1) is 11.3 Å². The van der Waals surface area contributed by atoms with Crippen LogP contribution in [0.25, 0.3) is 10.6 Å². The van der Waals surface area contributed by atoms with Crippen LogP contribution in [-0.4, -0.2) is 36.1 Å². The number of hydrogen-bond donors (Lipinski definition) is 0. The maximum atomic E-state index is 13.1. The van der Waals surface area contributed by atoms with Gasteiger partial charge in [-0.05, 0) is 36.4 Å². The fourth-order valence-electron chi connectivity index (χ4n) is 3.32. The second kappa shape index (κ2) is 7.87. The third-order valence-electron chi connectivity index (χ3n) is 4.77. The lowest BCUT2D eigenvalue weighted by Gasteiger charge is -2.36. The number of anilines is 1. The van der Waals surface area contributed by atoms with Crippen LogP contribution in [0.4, 0.5) is 10.1 Å². The first-order chi connectivity index (χ1) is 13.2. The topological polar surface area (TPSA) is 43.2 Å². The Hall–Kier alpha value is -2.75. The van der Waals surface area contributed by atoms with Gasteiger partial charge in [0.25, 0.3) is 0 Å². The predicted molar refractivity (Wildman–Crippen MR) is 106 cm³/mol. The number of nitrogens with zero attached hydrogens (tertiary/aromatic N) is 4. The van der Waals surface area contributed by atoms with Crippen molar-refractivity contribution in [3.8, 4) is 16.6 Å². The normalized spacial score (nSPS) is 14.9. The number of para-hydroxylation sites is 1. The largest absolute Gasteiger partial charge is 0.368 e. The standard InChI is InChI=1S/C21H19FN4S/c22-18-7-5-16(6-8-18)21-24-19(15-27-21)14-25-9-11-26(12-10-25)20-4-2-1-3-17(20)13-23/h1-8,15H,9-12,14H2. The average molecular weight is 378 g/mol. The van der Waals surface area contributed by atoms with Crippen molar-refractivity contribution in [2.75, 3.05) is 31.1 Å². The third kappa shape index (κ3) is 4.00. The molecule has 0 unspecified atom stereocenters. The first-order valence-electron chi connectivity index (χ1n) is 8.90. The Morgan fingerprint density at radius 1 is 1.04 bits per heavy atom. The highest BCUT2D eigenvalue weighted by atomic mass is 32.1. The number of halogens is 1. The van der Waals surface area contributed by atoms with Crippen molar-refractivity contribution in [3.63, 3.8) is 0 Å². The number of rotatable bonds is 4. The van der Waals surface area contributed by atoms with E-state index in [4.69, 9.17) is 4.98 Å². The van der Waals surface area contributed by atoms with Gasteiger partial charge in [-0.1, -0.05) is 12.1 Å². The van der Waals surface area contributed by atoms with Crippen molar-refractivity contribution >= 4 is 17.0 Å². The molecule has 0 saturated carbocycles. The SMILES string of the molecule is N#Cc1ccccc1N1CCN(Cc2csc(-c3ccc(F)cc3)n2)CC1. The van der Waals surface area contributed by atoms with Gasteiger partial charge < -0.3 is 4.90 Å². The molecule has 0 atom stereocenters. The monoisotopic (exact) mass is 378 g/mol. The van der Waals surface area contributed by atoms with Crippen LogP contribution in [0.1, 0.15) is 11.3 Å². The van der Waals surface area contributed by atoms with Gasteiger partial charge in [0.2, 0.25) is 0 Å². The maximum absolute atomic E-state index is 13.1. The summed E-state index contributed by atoms with van der Waals surface area (Å²) in [5.41, 5.74) is 3.75. The van der Waals surface area contributed by atoms with Gasteiger partial charge in [-0.3, -0.25) is 4.90 Å². The van der Waals surface area contributed by atoms with Crippen LogP contribution in [0, 0.1) is 17.1 Å². The second-order valence-electron chi connectivity index (χ2n) is 6.54. The molecule has 0 spiro atoms. The molecule has 3 aromatic rings. The van der Waals surface area contributed by atoms with E-state index in [2.05, 4.69) is 21.2 Å². The lowest BCUT2D eigenvalue weighted by molar-refractivity contribution is 0.247. The quantitative estimate of drug-likeness (QED) is 0.684. The lowest BCUT2D eigenvalue weighted by atomic mass is 10.1. The highest BCUT2D eigenvalue weighted by Crippen LogP contribution is 2.25. The van der Waals surface area contributed by atoms with E-state index in [9.17, 15) is 9.65 Å². The van der Waals surface area contributed by atoms with Crippen LogP contribution in [0.15, 0.2) is 53.9 Å². The molecule has 136 valence electrons. The lowest BCUT2D eigenvalue weighted by Crippen LogP contribution is -2.46. The van der Waals surface area contributed by atoms with E-state index in [0.717, 1.165) is 60.2 Å². The molecule has 4 rings (SSSR count). The summed E-state index contributed by atoms with van der Waals surface area (Å²) in [6, 6.07) is 16.5. The number of piperazine rings is 1. The third-order valence-corrected chi connectivity index (χ3v) is 5.71. The van der Waals surface area contributed by atoms with E-state index >= 15 is 0 Å². The number of thiazole rings is 1. The van der Waals surface area contributed by atoms with E-state index in [1.807, 2.05) is 24.3 Å². The van der Waals surface area contributed by atoms with Crippen molar-refractivity contribution in [1.29, 1.82) is 5.26 Å². The van der Waals surface area contributed by atoms with Crippen LogP contribution in [-0.2, 0) is 6.54 Å².